The van der Waals surface area contributed by atoms with Crippen LogP contribution in [-0.2, 0) is 4.79 Å². The Morgan fingerprint density at radius 2 is 2.24 bits per heavy atom. The number of hydrogen-bond acceptors (Lipinski definition) is 4. The maximum Gasteiger partial charge on any atom is 0.237 e. The Bertz CT molecular complexity index is 256. The molecule has 0 aromatic heterocycles. The Balaban J connectivity index is 1.62. The first-order chi connectivity index (χ1) is 8.27. The van der Waals surface area contributed by atoms with E-state index in [0.717, 1.165) is 26.1 Å². The molecule has 2 unspecified atom stereocenters. The molecule has 0 radical (unpaired) electrons. The Morgan fingerprint density at radius 3 is 2.88 bits per heavy atom. The van der Waals surface area contributed by atoms with Crippen molar-refractivity contribution in [1.82, 2.24) is 15.5 Å². The number of amides is 1. The lowest BCUT2D eigenvalue weighted by atomic mass is 10.0. The van der Waals surface area contributed by atoms with Gasteiger partial charge in [0.2, 0.25) is 5.91 Å². The van der Waals surface area contributed by atoms with E-state index in [1.165, 1.54) is 24.6 Å². The third kappa shape index (κ3) is 3.86. The van der Waals surface area contributed by atoms with Crippen molar-refractivity contribution in [2.24, 2.45) is 5.92 Å². The number of hydrogen-bond donors (Lipinski definition) is 2. The van der Waals surface area contributed by atoms with Crippen molar-refractivity contribution >= 4 is 17.7 Å². The van der Waals surface area contributed by atoms with Crippen LogP contribution in [0.15, 0.2) is 0 Å². The Kier molecular flexibility index (Phi) is 5.13. The van der Waals surface area contributed by atoms with Gasteiger partial charge in [-0.25, -0.2) is 0 Å². The average Bonchev–Trinajstić information content (AvgIpc) is 2.77. The molecule has 98 valence electrons. The summed E-state index contributed by atoms with van der Waals surface area (Å²) in [5, 5.41) is 6.32. The summed E-state index contributed by atoms with van der Waals surface area (Å²) >= 11 is 2.02. The largest absolute Gasteiger partial charge is 0.353 e. The zero-order valence-electron chi connectivity index (χ0n) is 10.6. The summed E-state index contributed by atoms with van der Waals surface area (Å²) < 4.78 is 0. The minimum atomic E-state index is 0.0342. The Hall–Kier alpha value is -0.260. The van der Waals surface area contributed by atoms with E-state index >= 15 is 0 Å². The summed E-state index contributed by atoms with van der Waals surface area (Å²) in [7, 11) is 0. The Labute approximate surface area is 108 Å². The van der Waals surface area contributed by atoms with Gasteiger partial charge in [-0.15, -0.1) is 0 Å². The van der Waals surface area contributed by atoms with Gasteiger partial charge < -0.3 is 10.6 Å². The first-order valence-corrected chi connectivity index (χ1v) is 7.74. The van der Waals surface area contributed by atoms with Gasteiger partial charge in [-0.1, -0.05) is 6.92 Å². The van der Waals surface area contributed by atoms with Crippen LogP contribution < -0.4 is 10.6 Å². The fraction of sp³-hybridized carbons (Fsp3) is 0.917. The molecular formula is C12H23N3OS. The van der Waals surface area contributed by atoms with Crippen molar-refractivity contribution in [2.45, 2.75) is 19.4 Å². The van der Waals surface area contributed by atoms with Crippen LogP contribution in [0.1, 0.15) is 13.3 Å². The van der Waals surface area contributed by atoms with E-state index in [2.05, 4.69) is 22.5 Å². The highest BCUT2D eigenvalue weighted by molar-refractivity contribution is 7.99. The predicted molar refractivity (Wildman–Crippen MR) is 72.3 cm³/mol. The molecule has 0 spiro atoms. The van der Waals surface area contributed by atoms with E-state index in [-0.39, 0.29) is 11.9 Å². The molecule has 4 nitrogen and oxygen atoms in total. The standard InChI is InChI=1S/C12H23N3OS/c1-10-2-3-13-11(10)12(16)14-4-5-15-6-8-17-9-7-15/h10-11,13H,2-9H2,1H3,(H,14,16). The van der Waals surface area contributed by atoms with Crippen molar-refractivity contribution in [3.63, 3.8) is 0 Å². The van der Waals surface area contributed by atoms with Crippen molar-refractivity contribution in [3.8, 4) is 0 Å². The van der Waals surface area contributed by atoms with Crippen LogP contribution in [0.3, 0.4) is 0 Å². The van der Waals surface area contributed by atoms with E-state index in [4.69, 9.17) is 0 Å². The van der Waals surface area contributed by atoms with E-state index in [1.807, 2.05) is 11.8 Å². The van der Waals surface area contributed by atoms with Gasteiger partial charge in [0, 0.05) is 37.7 Å². The van der Waals surface area contributed by atoms with Crippen molar-refractivity contribution in [3.05, 3.63) is 0 Å². The summed E-state index contributed by atoms with van der Waals surface area (Å²) in [5.41, 5.74) is 0. The van der Waals surface area contributed by atoms with Crippen LogP contribution in [0.2, 0.25) is 0 Å². The van der Waals surface area contributed by atoms with E-state index in [9.17, 15) is 4.79 Å². The molecule has 2 saturated heterocycles. The van der Waals surface area contributed by atoms with Crippen LogP contribution in [-0.4, -0.2) is 61.1 Å². The van der Waals surface area contributed by atoms with Crippen LogP contribution in [0, 0.1) is 5.92 Å². The third-order valence-corrected chi connectivity index (χ3v) is 4.59. The number of carbonyl (C=O) groups is 1. The second-order valence-electron chi connectivity index (χ2n) is 4.94. The molecule has 2 N–H and O–H groups in total. The lowest BCUT2D eigenvalue weighted by Gasteiger charge is -2.26. The molecule has 0 saturated carbocycles. The van der Waals surface area contributed by atoms with Gasteiger partial charge >= 0.3 is 0 Å². The monoisotopic (exact) mass is 257 g/mol. The number of rotatable bonds is 4. The highest BCUT2D eigenvalue weighted by atomic mass is 32.2. The molecule has 2 aliphatic heterocycles. The summed E-state index contributed by atoms with van der Waals surface area (Å²) in [5.74, 6) is 3.12. The molecule has 2 rings (SSSR count). The van der Waals surface area contributed by atoms with E-state index < -0.39 is 0 Å². The second kappa shape index (κ2) is 6.61. The average molecular weight is 257 g/mol. The molecule has 2 heterocycles. The molecule has 1 amide bonds. The Morgan fingerprint density at radius 1 is 1.47 bits per heavy atom. The highest BCUT2D eigenvalue weighted by Gasteiger charge is 2.28. The van der Waals surface area contributed by atoms with Gasteiger partial charge in [0.15, 0.2) is 0 Å². The molecule has 17 heavy (non-hydrogen) atoms. The minimum Gasteiger partial charge on any atom is -0.353 e. The topological polar surface area (TPSA) is 44.4 Å². The normalized spacial score (nSPS) is 30.4. The fourth-order valence-corrected chi connectivity index (χ4v) is 3.44. The van der Waals surface area contributed by atoms with Crippen LogP contribution in [0.25, 0.3) is 0 Å². The number of carbonyl (C=O) groups excluding carboxylic acids is 1. The molecule has 0 aromatic rings. The lowest BCUT2D eigenvalue weighted by Crippen LogP contribution is -2.46. The lowest BCUT2D eigenvalue weighted by molar-refractivity contribution is -0.123. The molecule has 0 aromatic carbocycles. The van der Waals surface area contributed by atoms with Gasteiger partial charge in [0.1, 0.15) is 0 Å². The molecule has 0 aliphatic carbocycles. The molecule has 2 fully saturated rings. The first-order valence-electron chi connectivity index (χ1n) is 6.58. The van der Waals surface area contributed by atoms with Gasteiger partial charge in [-0.05, 0) is 18.9 Å². The number of nitrogens with zero attached hydrogens (tertiary/aromatic N) is 1. The van der Waals surface area contributed by atoms with Gasteiger partial charge in [0.05, 0.1) is 6.04 Å². The maximum absolute atomic E-state index is 11.9. The van der Waals surface area contributed by atoms with Gasteiger partial charge in [-0.3, -0.25) is 9.69 Å². The number of nitrogens with one attached hydrogen (secondary N) is 2. The van der Waals surface area contributed by atoms with Crippen LogP contribution in [0.5, 0.6) is 0 Å². The van der Waals surface area contributed by atoms with Crippen molar-refractivity contribution in [1.29, 1.82) is 0 Å². The second-order valence-corrected chi connectivity index (χ2v) is 6.17. The summed E-state index contributed by atoms with van der Waals surface area (Å²) in [6.45, 7) is 7.23. The summed E-state index contributed by atoms with van der Waals surface area (Å²) in [4.78, 5) is 14.3. The quantitative estimate of drug-likeness (QED) is 0.752. The first kappa shape index (κ1) is 13.2. The summed E-state index contributed by atoms with van der Waals surface area (Å²) in [6.07, 6.45) is 1.11. The van der Waals surface area contributed by atoms with Crippen LogP contribution >= 0.6 is 11.8 Å². The van der Waals surface area contributed by atoms with E-state index in [1.54, 1.807) is 0 Å². The number of thioether (sulfide) groups is 1. The third-order valence-electron chi connectivity index (χ3n) is 3.65. The molecule has 5 heteroatoms. The predicted octanol–water partition coefficient (Wildman–Crippen LogP) is 0.149. The fourth-order valence-electron chi connectivity index (χ4n) is 2.46. The minimum absolute atomic E-state index is 0.0342. The van der Waals surface area contributed by atoms with E-state index in [0.29, 0.717) is 5.92 Å². The molecule has 2 atom stereocenters. The molecular weight excluding hydrogens is 234 g/mol. The zero-order valence-corrected chi connectivity index (χ0v) is 11.4. The van der Waals surface area contributed by atoms with Crippen molar-refractivity contribution in [2.75, 3.05) is 44.2 Å². The highest BCUT2D eigenvalue weighted by Crippen LogP contribution is 2.14. The smallest absolute Gasteiger partial charge is 0.237 e. The van der Waals surface area contributed by atoms with Gasteiger partial charge in [0.25, 0.3) is 0 Å². The SMILES string of the molecule is CC1CCNC1C(=O)NCCN1CCSCC1. The zero-order chi connectivity index (χ0) is 12.1. The molecule has 2 aliphatic rings. The van der Waals surface area contributed by atoms with Crippen molar-refractivity contribution < 1.29 is 4.79 Å². The molecule has 0 bridgehead atoms. The summed E-state index contributed by atoms with van der Waals surface area (Å²) in [6, 6.07) is 0.0342. The van der Waals surface area contributed by atoms with Gasteiger partial charge in [-0.2, -0.15) is 11.8 Å². The maximum atomic E-state index is 11.9. The van der Waals surface area contributed by atoms with Crippen LogP contribution in [0.4, 0.5) is 0 Å².